The van der Waals surface area contributed by atoms with Crippen molar-refractivity contribution in [2.75, 3.05) is 11.3 Å². The van der Waals surface area contributed by atoms with E-state index in [-0.39, 0.29) is 18.1 Å². The fourth-order valence-corrected chi connectivity index (χ4v) is 4.53. The van der Waals surface area contributed by atoms with Gasteiger partial charge in [0.15, 0.2) is 5.37 Å². The predicted octanol–water partition coefficient (Wildman–Crippen LogP) is 2.24. The molecule has 11 heteroatoms. The Balaban J connectivity index is 1.66. The van der Waals surface area contributed by atoms with Crippen LogP contribution in [0.1, 0.15) is 5.56 Å². The summed E-state index contributed by atoms with van der Waals surface area (Å²) in [4.78, 5) is 12.5. The van der Waals surface area contributed by atoms with Crippen LogP contribution in [0.4, 0.5) is 10.1 Å². The molecule has 2 atom stereocenters. The van der Waals surface area contributed by atoms with Gasteiger partial charge in [-0.25, -0.2) is 18.2 Å². The van der Waals surface area contributed by atoms with Gasteiger partial charge in [0.25, 0.3) is 10.0 Å². The fourth-order valence-electron chi connectivity index (χ4n) is 2.72. The minimum atomic E-state index is -3.91. The summed E-state index contributed by atoms with van der Waals surface area (Å²) in [6.45, 7) is 0.217. The van der Waals surface area contributed by atoms with E-state index in [1.54, 1.807) is 12.1 Å². The first kappa shape index (κ1) is 20.8. The average Bonchev–Trinajstić information content (AvgIpc) is 3.15. The van der Waals surface area contributed by atoms with E-state index < -0.39 is 33.0 Å². The van der Waals surface area contributed by atoms with E-state index >= 15 is 0 Å². The highest BCUT2D eigenvalue weighted by molar-refractivity contribution is 7.93. The summed E-state index contributed by atoms with van der Waals surface area (Å²) in [5.41, 5.74) is 6.24. The Morgan fingerprint density at radius 2 is 1.89 bits per heavy atom. The number of halogens is 3. The molecule has 2 unspecified atom stereocenters. The fraction of sp³-hybridized carbons (Fsp3) is 0.235. The van der Waals surface area contributed by atoms with Gasteiger partial charge in [-0.15, -0.1) is 0 Å². The molecule has 0 saturated carbocycles. The lowest BCUT2D eigenvalue weighted by atomic mass is 10.1. The van der Waals surface area contributed by atoms with Crippen molar-refractivity contribution in [3.8, 4) is 0 Å². The number of anilines is 1. The van der Waals surface area contributed by atoms with Crippen LogP contribution in [0.3, 0.4) is 0 Å². The van der Waals surface area contributed by atoms with Gasteiger partial charge in [-0.3, -0.25) is 14.9 Å². The number of nitrogens with one attached hydrogen (secondary N) is 4. The Kier molecular flexibility index (Phi) is 6.41. The third-order valence-electron chi connectivity index (χ3n) is 4.16. The van der Waals surface area contributed by atoms with Crippen molar-refractivity contribution in [3.63, 3.8) is 0 Å². The molecule has 28 heavy (non-hydrogen) atoms. The molecule has 2 aromatic carbocycles. The number of sulfonamides is 1. The SMILES string of the molecule is O=C(NCc1ccc(F)c(Cl)c1)C1CNNC1S(=O)(=O)Nc1ccc(Cl)cc1. The second kappa shape index (κ2) is 8.62. The van der Waals surface area contributed by atoms with Crippen molar-refractivity contribution in [2.45, 2.75) is 11.9 Å². The van der Waals surface area contributed by atoms with Crippen LogP contribution < -0.4 is 20.9 Å². The molecule has 0 spiro atoms. The highest BCUT2D eigenvalue weighted by Crippen LogP contribution is 2.20. The molecule has 1 aliphatic rings. The molecule has 0 bridgehead atoms. The van der Waals surface area contributed by atoms with Gasteiger partial charge in [0, 0.05) is 23.8 Å². The van der Waals surface area contributed by atoms with Gasteiger partial charge in [-0.05, 0) is 42.0 Å². The summed E-state index contributed by atoms with van der Waals surface area (Å²) in [5.74, 6) is -1.90. The number of benzene rings is 2. The molecular formula is C17H17Cl2FN4O3S. The number of carbonyl (C=O) groups is 1. The molecule has 1 fully saturated rings. The van der Waals surface area contributed by atoms with Crippen LogP contribution in [0, 0.1) is 11.7 Å². The monoisotopic (exact) mass is 446 g/mol. The van der Waals surface area contributed by atoms with Crippen molar-refractivity contribution in [1.82, 2.24) is 16.2 Å². The molecule has 0 aliphatic carbocycles. The van der Waals surface area contributed by atoms with Crippen LogP contribution in [0.5, 0.6) is 0 Å². The van der Waals surface area contributed by atoms with Gasteiger partial charge in [0.2, 0.25) is 5.91 Å². The predicted molar refractivity (Wildman–Crippen MR) is 106 cm³/mol. The van der Waals surface area contributed by atoms with Crippen LogP contribution in [0.25, 0.3) is 0 Å². The maximum atomic E-state index is 13.2. The molecule has 0 radical (unpaired) electrons. The molecule has 3 rings (SSSR count). The first-order valence-electron chi connectivity index (χ1n) is 8.23. The molecule has 7 nitrogen and oxygen atoms in total. The summed E-state index contributed by atoms with van der Waals surface area (Å²) in [5, 5.41) is 1.89. The van der Waals surface area contributed by atoms with Crippen LogP contribution in [-0.2, 0) is 21.4 Å². The van der Waals surface area contributed by atoms with Gasteiger partial charge in [-0.2, -0.15) is 0 Å². The Labute approximate surface area is 171 Å². The van der Waals surface area contributed by atoms with Gasteiger partial charge >= 0.3 is 0 Å². The standard InChI is InChI=1S/C17H17Cl2FN4O3S/c18-11-2-4-12(5-3-11)24-28(26,27)17-13(9-22-23-17)16(25)21-8-10-1-6-15(20)14(19)7-10/h1-7,13,17,22-24H,8-9H2,(H,21,25). The summed E-state index contributed by atoms with van der Waals surface area (Å²) in [6, 6.07) is 10.2. The smallest absolute Gasteiger partial charge is 0.250 e. The summed E-state index contributed by atoms with van der Waals surface area (Å²) in [7, 11) is -3.91. The van der Waals surface area contributed by atoms with E-state index in [2.05, 4.69) is 20.9 Å². The van der Waals surface area contributed by atoms with E-state index in [0.29, 0.717) is 16.3 Å². The Morgan fingerprint density at radius 3 is 2.57 bits per heavy atom. The Morgan fingerprint density at radius 1 is 1.18 bits per heavy atom. The summed E-state index contributed by atoms with van der Waals surface area (Å²) in [6.07, 6.45) is 0. The lowest BCUT2D eigenvalue weighted by Crippen LogP contribution is -2.46. The number of hydrogen-bond acceptors (Lipinski definition) is 5. The van der Waals surface area contributed by atoms with E-state index in [9.17, 15) is 17.6 Å². The van der Waals surface area contributed by atoms with Gasteiger partial charge in [0.1, 0.15) is 5.82 Å². The second-order valence-corrected chi connectivity index (χ2v) is 8.82. The number of hydrogen-bond donors (Lipinski definition) is 4. The first-order valence-corrected chi connectivity index (χ1v) is 10.5. The second-order valence-electron chi connectivity index (χ2n) is 6.17. The van der Waals surface area contributed by atoms with Crippen molar-refractivity contribution >= 4 is 44.8 Å². The number of hydrazine groups is 1. The zero-order chi connectivity index (χ0) is 20.3. The molecule has 1 aliphatic heterocycles. The minimum absolute atomic E-state index is 0.0523. The normalized spacial score (nSPS) is 19.4. The Hall–Kier alpha value is -1.91. The largest absolute Gasteiger partial charge is 0.352 e. The number of amides is 1. The van der Waals surface area contributed by atoms with Gasteiger partial charge in [-0.1, -0.05) is 29.3 Å². The average molecular weight is 447 g/mol. The lowest BCUT2D eigenvalue weighted by Gasteiger charge is -2.19. The molecule has 1 saturated heterocycles. The van der Waals surface area contributed by atoms with Crippen LogP contribution in [-0.4, -0.2) is 26.2 Å². The zero-order valence-electron chi connectivity index (χ0n) is 14.4. The topological polar surface area (TPSA) is 99.3 Å². The summed E-state index contributed by atoms with van der Waals surface area (Å²) < 4.78 is 41.0. The maximum Gasteiger partial charge on any atom is 0.250 e. The molecule has 1 amide bonds. The van der Waals surface area contributed by atoms with Gasteiger partial charge in [0.05, 0.1) is 10.9 Å². The molecule has 1 heterocycles. The van der Waals surface area contributed by atoms with Crippen molar-refractivity contribution < 1.29 is 17.6 Å². The molecule has 4 N–H and O–H groups in total. The minimum Gasteiger partial charge on any atom is -0.352 e. The van der Waals surface area contributed by atoms with Gasteiger partial charge < -0.3 is 5.32 Å². The highest BCUT2D eigenvalue weighted by Gasteiger charge is 2.41. The van der Waals surface area contributed by atoms with E-state index in [1.165, 1.54) is 30.3 Å². The van der Waals surface area contributed by atoms with Crippen molar-refractivity contribution in [2.24, 2.45) is 5.92 Å². The molecular weight excluding hydrogens is 430 g/mol. The Bertz CT molecular complexity index is 973. The lowest BCUT2D eigenvalue weighted by molar-refractivity contribution is -0.124. The zero-order valence-corrected chi connectivity index (χ0v) is 16.7. The van der Waals surface area contributed by atoms with E-state index in [4.69, 9.17) is 23.2 Å². The van der Waals surface area contributed by atoms with Crippen LogP contribution in [0.15, 0.2) is 42.5 Å². The quantitative estimate of drug-likeness (QED) is 0.545. The third kappa shape index (κ3) is 4.92. The van der Waals surface area contributed by atoms with E-state index in [1.807, 2.05) is 0 Å². The van der Waals surface area contributed by atoms with E-state index in [0.717, 1.165) is 0 Å². The van der Waals surface area contributed by atoms with Crippen LogP contribution >= 0.6 is 23.2 Å². The highest BCUT2D eigenvalue weighted by atomic mass is 35.5. The third-order valence-corrected chi connectivity index (χ3v) is 6.33. The maximum absolute atomic E-state index is 13.2. The first-order chi connectivity index (χ1) is 13.3. The molecule has 2 aromatic rings. The van der Waals surface area contributed by atoms with Crippen LogP contribution in [0.2, 0.25) is 10.0 Å². The van der Waals surface area contributed by atoms with Crippen molar-refractivity contribution in [3.05, 3.63) is 63.9 Å². The number of rotatable bonds is 6. The number of carbonyl (C=O) groups excluding carboxylic acids is 1. The molecule has 150 valence electrons. The van der Waals surface area contributed by atoms with Crippen molar-refractivity contribution in [1.29, 1.82) is 0 Å². The summed E-state index contributed by atoms with van der Waals surface area (Å²) >= 11 is 11.5. The molecule has 0 aromatic heterocycles.